The molecule has 0 saturated carbocycles. The van der Waals surface area contributed by atoms with Crippen LogP contribution >= 0.6 is 0 Å². The highest BCUT2D eigenvalue weighted by Gasteiger charge is 2.25. The predicted molar refractivity (Wildman–Crippen MR) is 125 cm³/mol. The Morgan fingerprint density at radius 3 is 2.31 bits per heavy atom. The molecule has 160 valence electrons. The molecule has 5 heteroatoms. The Bertz CT molecular complexity index is 1250. The van der Waals surface area contributed by atoms with Crippen LogP contribution in [0.5, 0.6) is 5.75 Å². The summed E-state index contributed by atoms with van der Waals surface area (Å²) < 4.78 is 5.47. The number of hydrogen-bond donors (Lipinski definition) is 2. The number of fused-ring (bicyclic) bond motifs is 3. The summed E-state index contributed by atoms with van der Waals surface area (Å²) in [4.78, 5) is 2.46. The van der Waals surface area contributed by atoms with E-state index in [1.54, 1.807) is 12.1 Å². The quantitative estimate of drug-likeness (QED) is 0.434. The number of H-pyrrole nitrogens is 1. The number of morpholine rings is 1. The second kappa shape index (κ2) is 7.93. The average molecular weight is 424 g/mol. The molecule has 1 aliphatic carbocycles. The average Bonchev–Trinajstić information content (AvgIpc) is 3.39. The minimum atomic E-state index is 0.283. The van der Waals surface area contributed by atoms with E-state index in [1.165, 1.54) is 22.3 Å². The fourth-order valence-electron chi connectivity index (χ4n) is 4.82. The number of ether oxygens (including phenoxy) is 1. The van der Waals surface area contributed by atoms with Crippen molar-refractivity contribution in [2.24, 2.45) is 0 Å². The SMILES string of the molecule is Oc1ccc(-c2ccc(-c3n[nH]c4c3Cc3cc(CN5CCOCC5)ccc3-4)cc2)cc1. The number of nitrogens with zero attached hydrogens (tertiary/aromatic N) is 2. The lowest BCUT2D eigenvalue weighted by atomic mass is 10.0. The summed E-state index contributed by atoms with van der Waals surface area (Å²) in [5.41, 5.74) is 10.8. The minimum Gasteiger partial charge on any atom is -0.508 e. The van der Waals surface area contributed by atoms with Gasteiger partial charge in [0.15, 0.2) is 0 Å². The Balaban J connectivity index is 1.24. The predicted octanol–water partition coefficient (Wildman–Crippen LogP) is 4.85. The Kier molecular flexibility index (Phi) is 4.78. The first-order valence-electron chi connectivity index (χ1n) is 11.1. The molecule has 1 aliphatic heterocycles. The Hall–Kier alpha value is -3.41. The van der Waals surface area contributed by atoms with E-state index >= 15 is 0 Å². The van der Waals surface area contributed by atoms with Gasteiger partial charge in [0.05, 0.1) is 24.6 Å². The summed E-state index contributed by atoms with van der Waals surface area (Å²) in [6.45, 7) is 4.65. The van der Waals surface area contributed by atoms with E-state index in [0.29, 0.717) is 0 Å². The number of aromatic nitrogens is 2. The lowest BCUT2D eigenvalue weighted by Gasteiger charge is -2.26. The summed E-state index contributed by atoms with van der Waals surface area (Å²) in [6.07, 6.45) is 0.910. The Morgan fingerprint density at radius 1 is 0.875 bits per heavy atom. The lowest BCUT2D eigenvalue weighted by Crippen LogP contribution is -2.35. The van der Waals surface area contributed by atoms with Crippen LogP contribution in [0.4, 0.5) is 0 Å². The molecule has 2 heterocycles. The normalized spacial score (nSPS) is 15.5. The molecule has 2 N–H and O–H groups in total. The third-order valence-corrected chi connectivity index (χ3v) is 6.54. The molecule has 1 aromatic heterocycles. The van der Waals surface area contributed by atoms with Crippen molar-refractivity contribution in [3.8, 4) is 39.4 Å². The molecule has 1 fully saturated rings. The first-order chi connectivity index (χ1) is 15.7. The van der Waals surface area contributed by atoms with Crippen LogP contribution in [0.1, 0.15) is 16.7 Å². The van der Waals surface area contributed by atoms with Crippen LogP contribution in [0.15, 0.2) is 66.7 Å². The maximum Gasteiger partial charge on any atom is 0.115 e. The number of aromatic hydroxyl groups is 1. The molecule has 6 rings (SSSR count). The van der Waals surface area contributed by atoms with Crippen LogP contribution in [0.3, 0.4) is 0 Å². The van der Waals surface area contributed by atoms with E-state index in [-0.39, 0.29) is 5.75 Å². The van der Waals surface area contributed by atoms with E-state index in [0.717, 1.165) is 67.3 Å². The lowest BCUT2D eigenvalue weighted by molar-refractivity contribution is 0.0342. The van der Waals surface area contributed by atoms with Gasteiger partial charge in [-0.25, -0.2) is 0 Å². The number of rotatable bonds is 4. The van der Waals surface area contributed by atoms with Crippen molar-refractivity contribution in [2.75, 3.05) is 26.3 Å². The smallest absolute Gasteiger partial charge is 0.115 e. The summed E-state index contributed by atoms with van der Waals surface area (Å²) in [7, 11) is 0. The standard InChI is InChI=1S/C27H25N3O2/c31-23-8-6-20(7-9-23)19-2-4-21(5-3-19)26-25-16-22-15-18(17-30-11-13-32-14-12-30)1-10-24(22)27(25)29-28-26/h1-10,15,31H,11-14,16-17H2,(H,28,29). The van der Waals surface area contributed by atoms with Gasteiger partial charge < -0.3 is 9.84 Å². The van der Waals surface area contributed by atoms with Crippen LogP contribution in [-0.2, 0) is 17.7 Å². The number of phenols is 1. The first-order valence-corrected chi connectivity index (χ1v) is 11.1. The van der Waals surface area contributed by atoms with Crippen LogP contribution in [0, 0.1) is 0 Å². The van der Waals surface area contributed by atoms with Crippen molar-refractivity contribution in [3.05, 3.63) is 83.4 Å². The van der Waals surface area contributed by atoms with Crippen molar-refractivity contribution >= 4 is 0 Å². The van der Waals surface area contributed by atoms with E-state index in [4.69, 9.17) is 4.74 Å². The van der Waals surface area contributed by atoms with Gasteiger partial charge in [0.1, 0.15) is 5.75 Å². The van der Waals surface area contributed by atoms with E-state index in [9.17, 15) is 5.11 Å². The van der Waals surface area contributed by atoms with Gasteiger partial charge >= 0.3 is 0 Å². The molecular weight excluding hydrogens is 398 g/mol. The van der Waals surface area contributed by atoms with E-state index in [1.807, 2.05) is 12.1 Å². The molecular formula is C27H25N3O2. The maximum atomic E-state index is 9.52. The van der Waals surface area contributed by atoms with Gasteiger partial charge in [-0.2, -0.15) is 5.10 Å². The number of phenolic OH excluding ortho intramolecular Hbond substituents is 1. The second-order valence-electron chi connectivity index (χ2n) is 8.61. The fraction of sp³-hybridized carbons (Fsp3) is 0.222. The fourth-order valence-corrected chi connectivity index (χ4v) is 4.82. The zero-order valence-corrected chi connectivity index (χ0v) is 17.8. The molecule has 0 bridgehead atoms. The summed E-state index contributed by atoms with van der Waals surface area (Å²) in [5, 5.41) is 17.5. The second-order valence-corrected chi connectivity index (χ2v) is 8.61. The molecule has 0 amide bonds. The van der Waals surface area contributed by atoms with Crippen LogP contribution in [0.2, 0.25) is 0 Å². The van der Waals surface area contributed by atoms with Gasteiger partial charge in [0.2, 0.25) is 0 Å². The molecule has 0 atom stereocenters. The van der Waals surface area contributed by atoms with Crippen molar-refractivity contribution in [1.29, 1.82) is 0 Å². The van der Waals surface area contributed by atoms with Gasteiger partial charge in [-0.05, 0) is 34.4 Å². The third-order valence-electron chi connectivity index (χ3n) is 6.54. The van der Waals surface area contributed by atoms with Crippen LogP contribution in [-0.4, -0.2) is 46.5 Å². The van der Waals surface area contributed by atoms with Gasteiger partial charge in [0.25, 0.3) is 0 Å². The molecule has 4 aromatic rings. The topological polar surface area (TPSA) is 61.4 Å². The van der Waals surface area contributed by atoms with Gasteiger partial charge in [0, 0.05) is 42.7 Å². The van der Waals surface area contributed by atoms with Crippen molar-refractivity contribution in [1.82, 2.24) is 15.1 Å². The summed E-state index contributed by atoms with van der Waals surface area (Å²) >= 11 is 0. The minimum absolute atomic E-state index is 0.283. The molecule has 0 spiro atoms. The summed E-state index contributed by atoms with van der Waals surface area (Å²) in [6, 6.07) is 22.6. The number of aromatic amines is 1. The number of nitrogens with one attached hydrogen (secondary N) is 1. The third kappa shape index (κ3) is 3.49. The first kappa shape index (κ1) is 19.3. The Labute approximate surface area is 187 Å². The molecule has 3 aromatic carbocycles. The van der Waals surface area contributed by atoms with Gasteiger partial charge in [-0.15, -0.1) is 0 Å². The highest BCUT2D eigenvalue weighted by Crippen LogP contribution is 2.40. The van der Waals surface area contributed by atoms with Gasteiger partial charge in [-0.3, -0.25) is 10.00 Å². The van der Waals surface area contributed by atoms with Crippen LogP contribution < -0.4 is 0 Å². The highest BCUT2D eigenvalue weighted by atomic mass is 16.5. The summed E-state index contributed by atoms with van der Waals surface area (Å²) in [5.74, 6) is 0.283. The zero-order chi connectivity index (χ0) is 21.5. The van der Waals surface area contributed by atoms with Crippen molar-refractivity contribution in [2.45, 2.75) is 13.0 Å². The largest absolute Gasteiger partial charge is 0.508 e. The van der Waals surface area contributed by atoms with Crippen LogP contribution in [0.25, 0.3) is 33.6 Å². The zero-order valence-electron chi connectivity index (χ0n) is 17.8. The molecule has 1 saturated heterocycles. The Morgan fingerprint density at radius 2 is 1.56 bits per heavy atom. The molecule has 32 heavy (non-hydrogen) atoms. The highest BCUT2D eigenvalue weighted by molar-refractivity contribution is 5.82. The van der Waals surface area contributed by atoms with E-state index in [2.05, 4.69) is 57.6 Å². The van der Waals surface area contributed by atoms with Crippen molar-refractivity contribution in [3.63, 3.8) is 0 Å². The molecule has 2 aliphatic rings. The monoisotopic (exact) mass is 423 g/mol. The number of benzene rings is 3. The molecule has 0 unspecified atom stereocenters. The van der Waals surface area contributed by atoms with Gasteiger partial charge in [-0.1, -0.05) is 54.6 Å². The molecule has 5 nitrogen and oxygen atoms in total. The maximum absolute atomic E-state index is 9.52. The molecule has 0 radical (unpaired) electrons. The van der Waals surface area contributed by atoms with Crippen molar-refractivity contribution < 1.29 is 9.84 Å². The number of hydrogen-bond acceptors (Lipinski definition) is 4. The van der Waals surface area contributed by atoms with E-state index < -0.39 is 0 Å².